The van der Waals surface area contributed by atoms with Gasteiger partial charge in [0.2, 0.25) is 0 Å². The highest BCUT2D eigenvalue weighted by atomic mass is 79.9. The Morgan fingerprint density at radius 1 is 1.15 bits per heavy atom. The molecule has 1 aliphatic heterocycles. The first-order chi connectivity index (χ1) is 9.50. The Balaban J connectivity index is 2.06. The average Bonchev–Trinajstić information content (AvgIpc) is 2.94. The molecule has 2 aromatic rings. The van der Waals surface area contributed by atoms with E-state index in [1.54, 1.807) is 6.07 Å². The minimum absolute atomic E-state index is 0.0523. The van der Waals surface area contributed by atoms with Crippen LogP contribution in [0.3, 0.4) is 0 Å². The van der Waals surface area contributed by atoms with Crippen LogP contribution in [-0.2, 0) is 0 Å². The molecule has 0 unspecified atom stereocenters. The van der Waals surface area contributed by atoms with E-state index in [0.717, 1.165) is 0 Å². The van der Waals surface area contributed by atoms with E-state index in [1.807, 2.05) is 0 Å². The van der Waals surface area contributed by atoms with Gasteiger partial charge in [0.15, 0.2) is 10.4 Å². The van der Waals surface area contributed by atoms with Crippen LogP contribution in [0.15, 0.2) is 39.4 Å². The highest BCUT2D eigenvalue weighted by molar-refractivity contribution is 9.10. The van der Waals surface area contributed by atoms with Gasteiger partial charge in [-0.05, 0) is 40.2 Å². The summed E-state index contributed by atoms with van der Waals surface area (Å²) in [5.74, 6) is -2.36. The van der Waals surface area contributed by atoms with Gasteiger partial charge >= 0.3 is 5.91 Å². The number of carbonyl (C=O) groups is 3. The Hall–Kier alpha value is -2.41. The molecule has 2 N–H and O–H groups in total. The van der Waals surface area contributed by atoms with Gasteiger partial charge < -0.3 is 10.2 Å². The Morgan fingerprint density at radius 2 is 1.90 bits per heavy atom. The lowest BCUT2D eigenvalue weighted by Crippen LogP contribution is -2.36. The second kappa shape index (κ2) is 4.31. The SMILES string of the molecule is Nc1cccc2c1C(=O)N(C(=O)c1ccc(Br)o1)C2=O. The van der Waals surface area contributed by atoms with Crippen LogP contribution in [0, 0.1) is 0 Å². The number of anilines is 1. The zero-order valence-electron chi connectivity index (χ0n) is 9.92. The number of benzene rings is 1. The number of hydrogen-bond acceptors (Lipinski definition) is 5. The van der Waals surface area contributed by atoms with Crippen molar-refractivity contribution >= 4 is 39.3 Å². The van der Waals surface area contributed by atoms with Crippen molar-refractivity contribution in [3.05, 3.63) is 51.9 Å². The number of rotatable bonds is 1. The summed E-state index contributed by atoms with van der Waals surface area (Å²) in [6, 6.07) is 7.38. The Labute approximate surface area is 121 Å². The predicted octanol–water partition coefficient (Wildman–Crippen LogP) is 2.06. The number of carbonyl (C=O) groups excluding carboxylic acids is 3. The lowest BCUT2D eigenvalue weighted by Gasteiger charge is -2.09. The molecule has 1 aromatic carbocycles. The number of furan rings is 1. The van der Waals surface area contributed by atoms with E-state index in [-0.39, 0.29) is 22.6 Å². The highest BCUT2D eigenvalue weighted by Gasteiger charge is 2.42. The first kappa shape index (κ1) is 12.6. The lowest BCUT2D eigenvalue weighted by molar-refractivity contribution is 0.0550. The number of halogens is 1. The van der Waals surface area contributed by atoms with E-state index < -0.39 is 17.7 Å². The first-order valence-corrected chi connectivity index (χ1v) is 6.37. The zero-order chi connectivity index (χ0) is 14.4. The molecule has 0 bridgehead atoms. The van der Waals surface area contributed by atoms with Crippen LogP contribution in [-0.4, -0.2) is 22.6 Å². The number of nitrogens with zero attached hydrogens (tertiary/aromatic N) is 1. The van der Waals surface area contributed by atoms with Crippen LogP contribution in [0.5, 0.6) is 0 Å². The summed E-state index contributed by atoms with van der Waals surface area (Å²) in [7, 11) is 0. The second-order valence-corrected chi connectivity index (χ2v) is 4.91. The Morgan fingerprint density at radius 3 is 2.50 bits per heavy atom. The molecule has 1 aromatic heterocycles. The number of nitrogen functional groups attached to an aromatic ring is 1. The van der Waals surface area contributed by atoms with Crippen LogP contribution in [0.2, 0.25) is 0 Å². The van der Waals surface area contributed by atoms with Crippen LogP contribution >= 0.6 is 15.9 Å². The van der Waals surface area contributed by atoms with Crippen LogP contribution in [0.1, 0.15) is 31.3 Å². The Kier molecular flexibility index (Phi) is 2.72. The van der Waals surface area contributed by atoms with Gasteiger partial charge in [0, 0.05) is 5.69 Å². The van der Waals surface area contributed by atoms with Crippen molar-refractivity contribution in [1.82, 2.24) is 4.90 Å². The van der Waals surface area contributed by atoms with Crippen molar-refractivity contribution in [3.63, 3.8) is 0 Å². The molecule has 0 aliphatic carbocycles. The summed E-state index contributed by atoms with van der Waals surface area (Å²) >= 11 is 3.05. The molecular weight excluding hydrogens is 328 g/mol. The van der Waals surface area contributed by atoms with Crippen molar-refractivity contribution in [2.45, 2.75) is 0 Å². The molecule has 0 radical (unpaired) electrons. The monoisotopic (exact) mass is 334 g/mol. The van der Waals surface area contributed by atoms with Crippen LogP contribution in [0.25, 0.3) is 0 Å². The maximum Gasteiger partial charge on any atom is 0.303 e. The highest BCUT2D eigenvalue weighted by Crippen LogP contribution is 2.29. The van der Waals surface area contributed by atoms with E-state index in [2.05, 4.69) is 15.9 Å². The largest absolute Gasteiger partial charge is 0.444 e. The van der Waals surface area contributed by atoms with E-state index in [0.29, 0.717) is 9.57 Å². The van der Waals surface area contributed by atoms with Gasteiger partial charge in [-0.25, -0.2) is 4.90 Å². The van der Waals surface area contributed by atoms with Crippen LogP contribution < -0.4 is 5.73 Å². The molecule has 0 spiro atoms. The number of nitrogens with two attached hydrogens (primary N) is 1. The molecule has 1 aliphatic rings. The zero-order valence-corrected chi connectivity index (χ0v) is 11.5. The normalized spacial score (nSPS) is 13.8. The van der Waals surface area contributed by atoms with Gasteiger partial charge in [0.1, 0.15) is 0 Å². The van der Waals surface area contributed by atoms with E-state index in [4.69, 9.17) is 10.2 Å². The third-order valence-corrected chi connectivity index (χ3v) is 3.36. The molecular formula is C13H7BrN2O4. The molecule has 0 fully saturated rings. The summed E-state index contributed by atoms with van der Waals surface area (Å²) in [5.41, 5.74) is 6.02. The molecule has 2 heterocycles. The third-order valence-electron chi connectivity index (χ3n) is 2.93. The smallest absolute Gasteiger partial charge is 0.303 e. The summed E-state index contributed by atoms with van der Waals surface area (Å²) in [4.78, 5) is 37.1. The summed E-state index contributed by atoms with van der Waals surface area (Å²) in [6.45, 7) is 0. The fourth-order valence-corrected chi connectivity index (χ4v) is 2.34. The minimum Gasteiger partial charge on any atom is -0.444 e. The number of amides is 3. The van der Waals surface area contributed by atoms with Crippen molar-refractivity contribution in [3.8, 4) is 0 Å². The number of fused-ring (bicyclic) bond motifs is 1. The molecule has 6 nitrogen and oxygen atoms in total. The van der Waals surface area contributed by atoms with Gasteiger partial charge in [-0.15, -0.1) is 0 Å². The van der Waals surface area contributed by atoms with Crippen molar-refractivity contribution < 1.29 is 18.8 Å². The van der Waals surface area contributed by atoms with Crippen molar-refractivity contribution in [2.75, 3.05) is 5.73 Å². The van der Waals surface area contributed by atoms with E-state index in [1.165, 1.54) is 24.3 Å². The lowest BCUT2D eigenvalue weighted by atomic mass is 10.1. The summed E-state index contributed by atoms with van der Waals surface area (Å²) in [5, 5.41) is 0. The number of hydrogen-bond donors (Lipinski definition) is 1. The Bertz CT molecular complexity index is 765. The van der Waals surface area contributed by atoms with Gasteiger partial charge in [0.05, 0.1) is 11.1 Å². The number of imide groups is 3. The molecule has 0 saturated heterocycles. The van der Waals surface area contributed by atoms with Crippen molar-refractivity contribution in [2.24, 2.45) is 0 Å². The van der Waals surface area contributed by atoms with Crippen molar-refractivity contribution in [1.29, 1.82) is 0 Å². The molecule has 3 rings (SSSR count). The topological polar surface area (TPSA) is 93.6 Å². The third kappa shape index (κ3) is 1.67. The van der Waals surface area contributed by atoms with E-state index in [9.17, 15) is 14.4 Å². The molecule has 3 amide bonds. The minimum atomic E-state index is -0.818. The molecule has 0 atom stereocenters. The van der Waals surface area contributed by atoms with E-state index >= 15 is 0 Å². The predicted molar refractivity (Wildman–Crippen MR) is 72.1 cm³/mol. The quantitative estimate of drug-likeness (QED) is 0.636. The second-order valence-electron chi connectivity index (χ2n) is 4.12. The summed E-state index contributed by atoms with van der Waals surface area (Å²) < 4.78 is 5.40. The molecule has 20 heavy (non-hydrogen) atoms. The maximum atomic E-state index is 12.2. The average molecular weight is 335 g/mol. The molecule has 100 valence electrons. The van der Waals surface area contributed by atoms with Gasteiger partial charge in [-0.2, -0.15) is 0 Å². The molecule has 7 heteroatoms. The van der Waals surface area contributed by atoms with Gasteiger partial charge in [-0.1, -0.05) is 6.07 Å². The standard InChI is InChI=1S/C13H7BrN2O4/c14-9-5-4-8(20-9)12(18)16-11(17)6-2-1-3-7(15)10(6)13(16)19/h1-5H,15H2. The van der Waals surface area contributed by atoms with Gasteiger partial charge in [0.25, 0.3) is 11.8 Å². The van der Waals surface area contributed by atoms with Gasteiger partial charge in [-0.3, -0.25) is 14.4 Å². The first-order valence-electron chi connectivity index (χ1n) is 5.57. The molecule has 0 saturated carbocycles. The van der Waals surface area contributed by atoms with Crippen LogP contribution in [0.4, 0.5) is 5.69 Å². The fourth-order valence-electron chi connectivity index (χ4n) is 2.04. The fraction of sp³-hybridized carbons (Fsp3) is 0. The maximum absolute atomic E-state index is 12.2. The summed E-state index contributed by atoms with van der Waals surface area (Å²) in [6.07, 6.45) is 0.